The second kappa shape index (κ2) is 8.33. The maximum absolute atomic E-state index is 12.5. The summed E-state index contributed by atoms with van der Waals surface area (Å²) in [6.07, 6.45) is 2.96. The predicted octanol–water partition coefficient (Wildman–Crippen LogP) is 2.71. The van der Waals surface area contributed by atoms with Gasteiger partial charge in [0, 0.05) is 49.6 Å². The monoisotopic (exact) mass is 385 g/mol. The summed E-state index contributed by atoms with van der Waals surface area (Å²) in [4.78, 5) is 40.4. The van der Waals surface area contributed by atoms with Gasteiger partial charge in [-0.05, 0) is 37.0 Å². The quantitative estimate of drug-likeness (QED) is 0.866. The van der Waals surface area contributed by atoms with Crippen molar-refractivity contribution in [3.8, 4) is 0 Å². The fourth-order valence-electron chi connectivity index (χ4n) is 3.87. The Morgan fingerprint density at radius 1 is 1.07 bits per heavy atom. The van der Waals surface area contributed by atoms with Gasteiger partial charge in [0.1, 0.15) is 0 Å². The lowest BCUT2D eigenvalue weighted by molar-refractivity contribution is -0.142. The summed E-state index contributed by atoms with van der Waals surface area (Å²) in [7, 11) is 0. The van der Waals surface area contributed by atoms with E-state index >= 15 is 0 Å². The topological polar surface area (TPSA) is 69.7 Å². The van der Waals surface area contributed by atoms with E-state index in [2.05, 4.69) is 5.32 Å². The Balaban J connectivity index is 1.46. The number of nitrogens with one attached hydrogen (secondary N) is 1. The van der Waals surface area contributed by atoms with Crippen LogP contribution in [0, 0.1) is 11.3 Å². The summed E-state index contributed by atoms with van der Waals surface area (Å²) < 4.78 is 0. The maximum atomic E-state index is 12.5. The van der Waals surface area contributed by atoms with Crippen molar-refractivity contribution in [3.63, 3.8) is 0 Å². The number of carbonyl (C=O) groups excluding carboxylic acids is 3. The van der Waals surface area contributed by atoms with Crippen LogP contribution in [0.15, 0.2) is 24.3 Å². The van der Waals surface area contributed by atoms with Crippen LogP contribution < -0.4 is 10.2 Å². The Kier molecular flexibility index (Phi) is 6.06. The van der Waals surface area contributed by atoms with Gasteiger partial charge in [0.15, 0.2) is 0 Å². The number of anilines is 1. The molecule has 2 saturated heterocycles. The molecule has 3 rings (SSSR count). The van der Waals surface area contributed by atoms with Crippen molar-refractivity contribution in [2.24, 2.45) is 11.3 Å². The highest BCUT2D eigenvalue weighted by Gasteiger charge is 2.32. The number of likely N-dealkylation sites (tertiary alicyclic amines) is 1. The molecule has 152 valence electrons. The van der Waals surface area contributed by atoms with Crippen LogP contribution in [0.5, 0.6) is 0 Å². The van der Waals surface area contributed by atoms with Crippen LogP contribution in [-0.4, -0.2) is 42.3 Å². The first-order valence-electron chi connectivity index (χ1n) is 10.2. The lowest BCUT2D eigenvalue weighted by Gasteiger charge is -2.35. The molecular formula is C22H31N3O3. The molecule has 0 atom stereocenters. The SMILES string of the molecule is CC(C)(C)C(=O)N1CCC(C(=O)NCc2ccc(N3CCCC3=O)cc2)CC1. The Labute approximate surface area is 167 Å². The molecule has 6 heteroatoms. The van der Waals surface area contributed by atoms with Crippen molar-refractivity contribution < 1.29 is 14.4 Å². The maximum Gasteiger partial charge on any atom is 0.227 e. The predicted molar refractivity (Wildman–Crippen MR) is 109 cm³/mol. The molecule has 6 nitrogen and oxygen atoms in total. The molecule has 0 radical (unpaired) electrons. The average molecular weight is 386 g/mol. The molecule has 2 aliphatic rings. The van der Waals surface area contributed by atoms with Crippen molar-refractivity contribution in [1.29, 1.82) is 0 Å². The van der Waals surface area contributed by atoms with Crippen molar-refractivity contribution >= 4 is 23.4 Å². The zero-order chi connectivity index (χ0) is 20.3. The highest BCUT2D eigenvalue weighted by Crippen LogP contribution is 2.24. The third kappa shape index (κ3) is 4.72. The highest BCUT2D eigenvalue weighted by atomic mass is 16.2. The largest absolute Gasteiger partial charge is 0.352 e. The molecule has 3 amide bonds. The molecule has 0 saturated carbocycles. The zero-order valence-electron chi connectivity index (χ0n) is 17.2. The minimum absolute atomic E-state index is 0.0366. The Hall–Kier alpha value is -2.37. The van der Waals surface area contributed by atoms with Gasteiger partial charge in [-0.25, -0.2) is 0 Å². The van der Waals surface area contributed by atoms with Crippen molar-refractivity contribution in [3.05, 3.63) is 29.8 Å². The van der Waals surface area contributed by atoms with Crippen LogP contribution >= 0.6 is 0 Å². The number of nitrogens with zero attached hydrogens (tertiary/aromatic N) is 2. The molecule has 0 aromatic heterocycles. The Morgan fingerprint density at radius 3 is 2.25 bits per heavy atom. The minimum atomic E-state index is -0.374. The number of carbonyl (C=O) groups is 3. The van der Waals surface area contributed by atoms with Crippen LogP contribution in [-0.2, 0) is 20.9 Å². The first kappa shape index (κ1) is 20.4. The smallest absolute Gasteiger partial charge is 0.227 e. The lowest BCUT2D eigenvalue weighted by atomic mass is 9.90. The van der Waals surface area contributed by atoms with E-state index in [0.717, 1.165) is 24.2 Å². The molecule has 0 bridgehead atoms. The van der Waals surface area contributed by atoms with Gasteiger partial charge < -0.3 is 15.1 Å². The number of rotatable bonds is 4. The first-order chi connectivity index (χ1) is 13.3. The summed E-state index contributed by atoms with van der Waals surface area (Å²) in [6.45, 7) is 8.34. The number of hydrogen-bond donors (Lipinski definition) is 1. The molecule has 28 heavy (non-hydrogen) atoms. The third-order valence-corrected chi connectivity index (χ3v) is 5.58. The first-order valence-corrected chi connectivity index (χ1v) is 10.2. The van der Waals surface area contributed by atoms with Gasteiger partial charge in [-0.3, -0.25) is 14.4 Å². The number of benzene rings is 1. The van der Waals surface area contributed by atoms with Gasteiger partial charge >= 0.3 is 0 Å². The molecule has 2 fully saturated rings. The molecule has 1 aromatic carbocycles. The van der Waals surface area contributed by atoms with E-state index in [1.54, 1.807) is 0 Å². The summed E-state index contributed by atoms with van der Waals surface area (Å²) in [5.41, 5.74) is 1.57. The zero-order valence-corrected chi connectivity index (χ0v) is 17.2. The highest BCUT2D eigenvalue weighted by molar-refractivity contribution is 5.95. The van der Waals surface area contributed by atoms with Gasteiger partial charge in [0.2, 0.25) is 17.7 Å². The van der Waals surface area contributed by atoms with Crippen molar-refractivity contribution in [1.82, 2.24) is 10.2 Å². The molecule has 0 aliphatic carbocycles. The second-order valence-electron chi connectivity index (χ2n) is 8.85. The van der Waals surface area contributed by atoms with E-state index in [4.69, 9.17) is 0 Å². The summed E-state index contributed by atoms with van der Waals surface area (Å²) in [6, 6.07) is 7.82. The van der Waals surface area contributed by atoms with Gasteiger partial charge in [0.25, 0.3) is 0 Å². The van der Waals surface area contributed by atoms with E-state index in [-0.39, 0.29) is 29.1 Å². The average Bonchev–Trinajstić information content (AvgIpc) is 3.11. The van der Waals surface area contributed by atoms with Gasteiger partial charge in [-0.1, -0.05) is 32.9 Å². The lowest BCUT2D eigenvalue weighted by Crippen LogP contribution is -2.46. The fourth-order valence-corrected chi connectivity index (χ4v) is 3.87. The van der Waals surface area contributed by atoms with E-state index < -0.39 is 0 Å². The Bertz CT molecular complexity index is 728. The number of hydrogen-bond acceptors (Lipinski definition) is 3. The molecule has 0 spiro atoms. The van der Waals surface area contributed by atoms with Crippen molar-refractivity contribution in [2.75, 3.05) is 24.5 Å². The summed E-state index contributed by atoms with van der Waals surface area (Å²) in [5, 5.41) is 3.02. The van der Waals surface area contributed by atoms with Gasteiger partial charge in [-0.2, -0.15) is 0 Å². The summed E-state index contributed by atoms with van der Waals surface area (Å²) >= 11 is 0. The van der Waals surface area contributed by atoms with Crippen LogP contribution in [0.1, 0.15) is 52.0 Å². The van der Waals surface area contributed by atoms with E-state index in [9.17, 15) is 14.4 Å². The van der Waals surface area contributed by atoms with Gasteiger partial charge in [0.05, 0.1) is 0 Å². The number of amides is 3. The molecule has 2 aliphatic heterocycles. The fraction of sp³-hybridized carbons (Fsp3) is 0.591. The molecular weight excluding hydrogens is 354 g/mol. The molecule has 2 heterocycles. The van der Waals surface area contributed by atoms with E-state index in [0.29, 0.717) is 38.9 Å². The molecule has 1 N–H and O–H groups in total. The van der Waals surface area contributed by atoms with E-state index in [1.165, 1.54) is 0 Å². The van der Waals surface area contributed by atoms with E-state index in [1.807, 2.05) is 54.8 Å². The van der Waals surface area contributed by atoms with Crippen LogP contribution in [0.4, 0.5) is 5.69 Å². The standard InChI is InChI=1S/C22H31N3O3/c1-22(2,3)21(28)24-13-10-17(11-14-24)20(27)23-15-16-6-8-18(9-7-16)25-12-4-5-19(25)26/h6-9,17H,4-5,10-15H2,1-3H3,(H,23,27). The Morgan fingerprint density at radius 2 is 1.71 bits per heavy atom. The second-order valence-corrected chi connectivity index (χ2v) is 8.85. The number of piperidine rings is 1. The van der Waals surface area contributed by atoms with Gasteiger partial charge in [-0.15, -0.1) is 0 Å². The summed E-state index contributed by atoms with van der Waals surface area (Å²) in [5.74, 6) is 0.354. The normalized spacial score (nSPS) is 18.5. The van der Waals surface area contributed by atoms with Crippen LogP contribution in [0.2, 0.25) is 0 Å². The minimum Gasteiger partial charge on any atom is -0.352 e. The third-order valence-electron chi connectivity index (χ3n) is 5.58. The molecule has 1 aromatic rings. The van der Waals surface area contributed by atoms with Crippen LogP contribution in [0.25, 0.3) is 0 Å². The van der Waals surface area contributed by atoms with Crippen LogP contribution in [0.3, 0.4) is 0 Å². The van der Waals surface area contributed by atoms with Crippen molar-refractivity contribution in [2.45, 2.75) is 53.0 Å². The molecule has 0 unspecified atom stereocenters.